The summed E-state index contributed by atoms with van der Waals surface area (Å²) in [6, 6.07) is 11.9. The molecule has 6 heteroatoms. The Kier molecular flexibility index (Phi) is 4.70. The maximum absolute atomic E-state index is 12.3. The van der Waals surface area contributed by atoms with E-state index >= 15 is 0 Å². The molecule has 2 aromatic rings. The second kappa shape index (κ2) is 6.49. The van der Waals surface area contributed by atoms with Crippen molar-refractivity contribution < 1.29 is 9.72 Å². The summed E-state index contributed by atoms with van der Waals surface area (Å²) in [5, 5.41) is 14.3. The molecule has 0 aliphatic rings. The molecule has 0 bridgehead atoms. The van der Waals surface area contributed by atoms with Crippen LogP contribution >= 0.6 is 15.9 Å². The monoisotopic (exact) mass is 348 g/mol. The maximum atomic E-state index is 12.3. The highest BCUT2D eigenvalue weighted by Crippen LogP contribution is 2.23. The molecule has 0 fully saturated rings. The molecule has 0 aliphatic carbocycles. The molecule has 0 saturated heterocycles. The van der Waals surface area contributed by atoms with Gasteiger partial charge < -0.3 is 5.32 Å². The molecule has 5 nitrogen and oxygen atoms in total. The van der Waals surface area contributed by atoms with Gasteiger partial charge in [0.2, 0.25) is 0 Å². The van der Waals surface area contributed by atoms with E-state index in [1.54, 1.807) is 19.1 Å². The molecule has 0 saturated carbocycles. The molecule has 2 aromatic carbocycles. The van der Waals surface area contributed by atoms with Crippen molar-refractivity contribution in [2.24, 2.45) is 0 Å². The van der Waals surface area contributed by atoms with Crippen molar-refractivity contribution in [2.45, 2.75) is 12.3 Å². The van der Waals surface area contributed by atoms with Crippen molar-refractivity contribution in [3.63, 3.8) is 0 Å². The molecule has 108 valence electrons. The Morgan fingerprint density at radius 2 is 1.95 bits per heavy atom. The topological polar surface area (TPSA) is 72.2 Å². The van der Waals surface area contributed by atoms with E-state index < -0.39 is 4.92 Å². The molecule has 0 radical (unpaired) electrons. The minimum absolute atomic E-state index is 0.0589. The molecule has 0 aromatic heterocycles. The van der Waals surface area contributed by atoms with Gasteiger partial charge in [0.1, 0.15) is 0 Å². The van der Waals surface area contributed by atoms with Crippen molar-refractivity contribution >= 4 is 33.2 Å². The van der Waals surface area contributed by atoms with Crippen LogP contribution in [0.4, 0.5) is 11.4 Å². The van der Waals surface area contributed by atoms with Gasteiger partial charge in [0.05, 0.1) is 4.92 Å². The van der Waals surface area contributed by atoms with Gasteiger partial charge in [-0.05, 0) is 24.6 Å². The van der Waals surface area contributed by atoms with Gasteiger partial charge in [-0.1, -0.05) is 40.2 Å². The van der Waals surface area contributed by atoms with Gasteiger partial charge in [-0.15, -0.1) is 0 Å². The molecular weight excluding hydrogens is 336 g/mol. The number of hydrogen-bond donors (Lipinski definition) is 1. The molecule has 0 atom stereocenters. The largest absolute Gasteiger partial charge is 0.322 e. The third-order valence-corrected chi connectivity index (χ3v) is 3.76. The van der Waals surface area contributed by atoms with Gasteiger partial charge >= 0.3 is 0 Å². The smallest absolute Gasteiger partial charge is 0.273 e. The number of para-hydroxylation sites is 1. The van der Waals surface area contributed by atoms with Gasteiger partial charge in [0.25, 0.3) is 11.6 Å². The van der Waals surface area contributed by atoms with E-state index in [1.165, 1.54) is 12.1 Å². The number of nitrogens with one attached hydrogen (secondary N) is 1. The Morgan fingerprint density at radius 3 is 2.62 bits per heavy atom. The number of carbonyl (C=O) groups excluding carboxylic acids is 1. The number of benzene rings is 2. The lowest BCUT2D eigenvalue weighted by molar-refractivity contribution is -0.385. The summed E-state index contributed by atoms with van der Waals surface area (Å²) >= 11 is 3.36. The number of anilines is 1. The first-order valence-electron chi connectivity index (χ1n) is 6.24. The summed E-state index contributed by atoms with van der Waals surface area (Å²) < 4.78 is 0. The Labute approximate surface area is 130 Å². The first kappa shape index (κ1) is 15.2. The molecule has 1 N–H and O–H groups in total. The fourth-order valence-corrected chi connectivity index (χ4v) is 2.50. The average Bonchev–Trinajstić information content (AvgIpc) is 2.47. The first-order valence-corrected chi connectivity index (χ1v) is 7.36. The van der Waals surface area contributed by atoms with Crippen LogP contribution in [0.2, 0.25) is 0 Å². The van der Waals surface area contributed by atoms with E-state index in [9.17, 15) is 14.9 Å². The van der Waals surface area contributed by atoms with E-state index in [1.807, 2.05) is 18.2 Å². The average molecular weight is 349 g/mol. The van der Waals surface area contributed by atoms with Gasteiger partial charge in [-0.25, -0.2) is 0 Å². The second-order valence-electron chi connectivity index (χ2n) is 4.45. The van der Waals surface area contributed by atoms with Gasteiger partial charge in [0.15, 0.2) is 0 Å². The molecule has 0 spiro atoms. The lowest BCUT2D eigenvalue weighted by Gasteiger charge is -2.10. The van der Waals surface area contributed by atoms with Crippen LogP contribution in [0.5, 0.6) is 0 Å². The van der Waals surface area contributed by atoms with Crippen LogP contribution in [0.3, 0.4) is 0 Å². The predicted molar refractivity (Wildman–Crippen MR) is 84.9 cm³/mol. The van der Waals surface area contributed by atoms with Crippen molar-refractivity contribution in [3.05, 3.63) is 69.3 Å². The van der Waals surface area contributed by atoms with Crippen LogP contribution in [-0.2, 0) is 5.33 Å². The van der Waals surface area contributed by atoms with Crippen LogP contribution in [0.1, 0.15) is 21.5 Å². The van der Waals surface area contributed by atoms with E-state index in [0.29, 0.717) is 22.1 Å². The minimum Gasteiger partial charge on any atom is -0.322 e. The summed E-state index contributed by atoms with van der Waals surface area (Å²) in [6.45, 7) is 1.57. The second-order valence-corrected chi connectivity index (χ2v) is 5.01. The number of carbonyl (C=O) groups is 1. The van der Waals surface area contributed by atoms with Crippen molar-refractivity contribution in [1.82, 2.24) is 0 Å². The molecule has 0 aliphatic heterocycles. The zero-order valence-corrected chi connectivity index (χ0v) is 12.9. The molecule has 1 amide bonds. The van der Waals surface area contributed by atoms with Crippen molar-refractivity contribution in [1.29, 1.82) is 0 Å². The highest BCUT2D eigenvalue weighted by atomic mass is 79.9. The van der Waals surface area contributed by atoms with E-state index in [2.05, 4.69) is 21.2 Å². The third-order valence-electron chi connectivity index (χ3n) is 3.16. The number of halogens is 1. The third kappa shape index (κ3) is 3.28. The number of nitro groups is 1. The van der Waals surface area contributed by atoms with Crippen molar-refractivity contribution in [2.75, 3.05) is 5.32 Å². The van der Waals surface area contributed by atoms with Crippen LogP contribution in [0, 0.1) is 17.0 Å². The van der Waals surface area contributed by atoms with E-state index in [0.717, 1.165) is 5.56 Å². The quantitative estimate of drug-likeness (QED) is 0.514. The summed E-state index contributed by atoms with van der Waals surface area (Å²) in [4.78, 5) is 22.8. The predicted octanol–water partition coefficient (Wildman–Crippen LogP) is 4.05. The number of nitro benzene ring substituents is 1. The SMILES string of the molecule is Cc1c(C(=O)Nc2ccccc2CBr)cccc1[N+](=O)[O-]. The highest BCUT2D eigenvalue weighted by Gasteiger charge is 2.18. The molecule has 21 heavy (non-hydrogen) atoms. The zero-order valence-electron chi connectivity index (χ0n) is 11.3. The Morgan fingerprint density at radius 1 is 1.24 bits per heavy atom. The van der Waals surface area contributed by atoms with Gasteiger partial charge in [-0.3, -0.25) is 14.9 Å². The van der Waals surface area contributed by atoms with E-state index in [-0.39, 0.29) is 11.6 Å². The number of rotatable bonds is 4. The Hall–Kier alpha value is -2.21. The number of nitrogens with zero attached hydrogens (tertiary/aromatic N) is 1. The number of alkyl halides is 1. The Bertz CT molecular complexity index is 701. The normalized spacial score (nSPS) is 10.2. The highest BCUT2D eigenvalue weighted by molar-refractivity contribution is 9.08. The van der Waals surface area contributed by atoms with Crippen LogP contribution in [-0.4, -0.2) is 10.8 Å². The molecule has 0 unspecified atom stereocenters. The maximum Gasteiger partial charge on any atom is 0.273 e. The molecule has 0 heterocycles. The lowest BCUT2D eigenvalue weighted by atomic mass is 10.1. The fraction of sp³-hybridized carbons (Fsp3) is 0.133. The van der Waals surface area contributed by atoms with Gasteiger partial charge in [0, 0.05) is 28.2 Å². The summed E-state index contributed by atoms with van der Waals surface area (Å²) in [5.74, 6) is -0.357. The number of amides is 1. The lowest BCUT2D eigenvalue weighted by Crippen LogP contribution is -2.15. The molecule has 2 rings (SSSR count). The van der Waals surface area contributed by atoms with Gasteiger partial charge in [-0.2, -0.15) is 0 Å². The Balaban J connectivity index is 2.33. The molecular formula is C15H13BrN2O3. The standard InChI is InChI=1S/C15H13BrN2O3/c1-10-12(6-4-8-14(10)18(20)21)15(19)17-13-7-3-2-5-11(13)9-16/h2-8H,9H2,1H3,(H,17,19). The van der Waals surface area contributed by atoms with Crippen LogP contribution in [0.25, 0.3) is 0 Å². The summed E-state index contributed by atoms with van der Waals surface area (Å²) in [6.07, 6.45) is 0. The van der Waals surface area contributed by atoms with Crippen molar-refractivity contribution in [3.8, 4) is 0 Å². The minimum atomic E-state index is -0.488. The van der Waals surface area contributed by atoms with E-state index in [4.69, 9.17) is 0 Å². The number of hydrogen-bond acceptors (Lipinski definition) is 3. The van der Waals surface area contributed by atoms with Crippen LogP contribution < -0.4 is 5.32 Å². The summed E-state index contributed by atoms with van der Waals surface area (Å²) in [5.41, 5.74) is 2.22. The zero-order chi connectivity index (χ0) is 15.4. The fourth-order valence-electron chi connectivity index (χ4n) is 2.02. The first-order chi connectivity index (χ1) is 10.0. The van der Waals surface area contributed by atoms with Crippen LogP contribution in [0.15, 0.2) is 42.5 Å². The summed E-state index contributed by atoms with van der Waals surface area (Å²) in [7, 11) is 0.